The second-order valence-corrected chi connectivity index (χ2v) is 5.69. The van der Waals surface area contributed by atoms with Gasteiger partial charge in [-0.25, -0.2) is 0 Å². The van der Waals surface area contributed by atoms with Crippen molar-refractivity contribution in [2.45, 2.75) is 38.6 Å². The van der Waals surface area contributed by atoms with E-state index in [0.29, 0.717) is 18.7 Å². The van der Waals surface area contributed by atoms with Crippen molar-refractivity contribution in [3.05, 3.63) is 29.8 Å². The van der Waals surface area contributed by atoms with Crippen LogP contribution in [-0.4, -0.2) is 16.7 Å². The highest BCUT2D eigenvalue weighted by Crippen LogP contribution is 2.47. The third-order valence-electron chi connectivity index (χ3n) is 4.37. The zero-order valence-corrected chi connectivity index (χ0v) is 10.9. The molecule has 100 valence electrons. The topological polar surface area (TPSA) is 63.4 Å². The predicted octanol–water partition coefficient (Wildman–Crippen LogP) is 2.09. The van der Waals surface area contributed by atoms with Gasteiger partial charge in [0, 0.05) is 12.1 Å². The van der Waals surface area contributed by atoms with Gasteiger partial charge in [-0.2, -0.15) is 0 Å². The summed E-state index contributed by atoms with van der Waals surface area (Å²) in [6.07, 6.45) is 4.27. The molecule has 0 aromatic heterocycles. The molecule has 1 aromatic carbocycles. The molecule has 0 unspecified atom stereocenters. The van der Waals surface area contributed by atoms with E-state index >= 15 is 0 Å². The van der Waals surface area contributed by atoms with Gasteiger partial charge in [-0.05, 0) is 30.5 Å². The first-order valence-electron chi connectivity index (χ1n) is 6.80. The minimum Gasteiger partial charge on any atom is -0.399 e. The van der Waals surface area contributed by atoms with Crippen molar-refractivity contribution in [3.63, 3.8) is 0 Å². The van der Waals surface area contributed by atoms with Crippen molar-refractivity contribution in [1.82, 2.24) is 4.90 Å². The molecule has 1 spiro atoms. The fourth-order valence-electron chi connectivity index (χ4n) is 3.27. The second-order valence-electron chi connectivity index (χ2n) is 5.69. The largest absolute Gasteiger partial charge is 0.399 e. The van der Waals surface area contributed by atoms with E-state index in [0.717, 1.165) is 31.2 Å². The van der Waals surface area contributed by atoms with Crippen LogP contribution in [0.2, 0.25) is 0 Å². The first kappa shape index (κ1) is 12.2. The van der Waals surface area contributed by atoms with Crippen LogP contribution in [0.5, 0.6) is 0 Å². The predicted molar refractivity (Wildman–Crippen MR) is 71.9 cm³/mol. The van der Waals surface area contributed by atoms with E-state index < -0.39 is 0 Å². The van der Waals surface area contributed by atoms with Crippen LogP contribution in [0.4, 0.5) is 5.69 Å². The van der Waals surface area contributed by atoms with E-state index in [-0.39, 0.29) is 17.2 Å². The minimum absolute atomic E-state index is 0.0243. The zero-order chi connectivity index (χ0) is 13.5. The van der Waals surface area contributed by atoms with E-state index in [4.69, 9.17) is 5.73 Å². The van der Waals surface area contributed by atoms with Gasteiger partial charge >= 0.3 is 0 Å². The highest BCUT2D eigenvalue weighted by atomic mass is 16.2. The molecule has 1 aliphatic heterocycles. The van der Waals surface area contributed by atoms with Gasteiger partial charge in [0.1, 0.15) is 0 Å². The van der Waals surface area contributed by atoms with Gasteiger partial charge < -0.3 is 5.73 Å². The normalized spacial score (nSPS) is 21.6. The molecule has 0 bridgehead atoms. The van der Waals surface area contributed by atoms with Gasteiger partial charge in [0.25, 0.3) is 0 Å². The Labute approximate surface area is 112 Å². The average molecular weight is 258 g/mol. The Kier molecular flexibility index (Phi) is 2.81. The molecule has 1 aliphatic carbocycles. The van der Waals surface area contributed by atoms with Gasteiger partial charge in [-0.1, -0.05) is 25.0 Å². The summed E-state index contributed by atoms with van der Waals surface area (Å²) in [5, 5.41) is 0. The number of nitrogen functional groups attached to an aromatic ring is 1. The quantitative estimate of drug-likeness (QED) is 0.652. The monoisotopic (exact) mass is 258 g/mol. The molecule has 2 aliphatic rings. The summed E-state index contributed by atoms with van der Waals surface area (Å²) in [7, 11) is 0. The van der Waals surface area contributed by atoms with Crippen LogP contribution in [-0.2, 0) is 16.1 Å². The lowest BCUT2D eigenvalue weighted by atomic mass is 9.84. The third-order valence-corrected chi connectivity index (χ3v) is 4.37. The standard InChI is InChI=1S/C15H18N2O2/c16-12-5-3-11(4-6-12)10-17-13(18)9-15(14(17)19)7-1-2-8-15/h3-6H,1-2,7-10,16H2. The van der Waals surface area contributed by atoms with Crippen molar-refractivity contribution in [1.29, 1.82) is 0 Å². The van der Waals surface area contributed by atoms with Gasteiger partial charge in [-0.3, -0.25) is 14.5 Å². The Bertz CT molecular complexity index is 515. The van der Waals surface area contributed by atoms with Crippen LogP contribution >= 0.6 is 0 Å². The van der Waals surface area contributed by atoms with Crippen LogP contribution < -0.4 is 5.73 Å². The van der Waals surface area contributed by atoms with E-state index in [1.807, 2.05) is 12.1 Å². The molecule has 0 radical (unpaired) electrons. The number of rotatable bonds is 2. The van der Waals surface area contributed by atoms with Gasteiger partial charge in [0.2, 0.25) is 11.8 Å². The molecule has 1 aromatic rings. The number of carbonyl (C=O) groups is 2. The fraction of sp³-hybridized carbons (Fsp3) is 0.467. The number of nitrogens with zero attached hydrogens (tertiary/aromatic N) is 1. The molecule has 1 heterocycles. The highest BCUT2D eigenvalue weighted by molar-refractivity contribution is 6.05. The minimum atomic E-state index is -0.370. The van der Waals surface area contributed by atoms with Gasteiger partial charge in [-0.15, -0.1) is 0 Å². The first-order chi connectivity index (χ1) is 9.11. The molecule has 2 amide bonds. The number of likely N-dealkylation sites (tertiary alicyclic amines) is 1. The molecule has 4 nitrogen and oxygen atoms in total. The molecule has 1 saturated heterocycles. The maximum Gasteiger partial charge on any atom is 0.236 e. The van der Waals surface area contributed by atoms with Crippen LogP contribution in [0.25, 0.3) is 0 Å². The molecule has 2 N–H and O–H groups in total. The molecule has 4 heteroatoms. The van der Waals surface area contributed by atoms with Crippen LogP contribution in [0.3, 0.4) is 0 Å². The molecular formula is C15H18N2O2. The maximum absolute atomic E-state index is 12.5. The Morgan fingerprint density at radius 3 is 2.37 bits per heavy atom. The van der Waals surface area contributed by atoms with Gasteiger partial charge in [0.05, 0.1) is 12.0 Å². The molecule has 2 fully saturated rings. The summed E-state index contributed by atoms with van der Waals surface area (Å²) in [5.74, 6) is 0.00977. The number of carbonyl (C=O) groups excluding carboxylic acids is 2. The summed E-state index contributed by atoms with van der Waals surface area (Å²) in [5.41, 5.74) is 6.91. The number of amides is 2. The van der Waals surface area contributed by atoms with E-state index in [2.05, 4.69) is 0 Å². The maximum atomic E-state index is 12.5. The number of nitrogens with two attached hydrogens (primary N) is 1. The van der Waals surface area contributed by atoms with Crippen LogP contribution in [0.1, 0.15) is 37.7 Å². The smallest absolute Gasteiger partial charge is 0.236 e. The van der Waals surface area contributed by atoms with Crippen molar-refractivity contribution in [2.75, 3.05) is 5.73 Å². The number of benzene rings is 1. The Morgan fingerprint density at radius 1 is 1.11 bits per heavy atom. The van der Waals surface area contributed by atoms with Crippen molar-refractivity contribution < 1.29 is 9.59 Å². The average Bonchev–Trinajstić information content (AvgIpc) is 2.94. The number of hydrogen-bond acceptors (Lipinski definition) is 3. The zero-order valence-electron chi connectivity index (χ0n) is 10.9. The molecular weight excluding hydrogens is 240 g/mol. The molecule has 19 heavy (non-hydrogen) atoms. The second kappa shape index (κ2) is 4.37. The van der Waals surface area contributed by atoms with E-state index in [1.165, 1.54) is 4.90 Å². The summed E-state index contributed by atoms with van der Waals surface area (Å²) in [6.45, 7) is 0.375. The van der Waals surface area contributed by atoms with E-state index in [9.17, 15) is 9.59 Å². The van der Waals surface area contributed by atoms with Gasteiger partial charge in [0.15, 0.2) is 0 Å². The number of hydrogen-bond donors (Lipinski definition) is 1. The number of imide groups is 1. The third kappa shape index (κ3) is 2.01. The number of anilines is 1. The van der Waals surface area contributed by atoms with Crippen molar-refractivity contribution >= 4 is 17.5 Å². The van der Waals surface area contributed by atoms with Crippen molar-refractivity contribution in [2.24, 2.45) is 5.41 Å². The Balaban J connectivity index is 1.79. The van der Waals surface area contributed by atoms with E-state index in [1.54, 1.807) is 12.1 Å². The van der Waals surface area contributed by atoms with Crippen molar-refractivity contribution in [3.8, 4) is 0 Å². The summed E-state index contributed by atoms with van der Waals surface area (Å²) >= 11 is 0. The summed E-state index contributed by atoms with van der Waals surface area (Å²) in [4.78, 5) is 26.0. The molecule has 0 atom stereocenters. The van der Waals surface area contributed by atoms with Crippen LogP contribution in [0, 0.1) is 5.41 Å². The fourth-order valence-corrected chi connectivity index (χ4v) is 3.27. The lowest BCUT2D eigenvalue weighted by Crippen LogP contribution is -2.33. The highest BCUT2D eigenvalue weighted by Gasteiger charge is 2.52. The summed E-state index contributed by atoms with van der Waals surface area (Å²) < 4.78 is 0. The summed E-state index contributed by atoms with van der Waals surface area (Å²) in [6, 6.07) is 7.34. The Morgan fingerprint density at radius 2 is 1.74 bits per heavy atom. The first-order valence-corrected chi connectivity index (χ1v) is 6.80. The molecule has 1 saturated carbocycles. The molecule has 3 rings (SSSR count). The lowest BCUT2D eigenvalue weighted by Gasteiger charge is -2.21. The van der Waals surface area contributed by atoms with Crippen LogP contribution in [0.15, 0.2) is 24.3 Å². The Hall–Kier alpha value is -1.84. The lowest BCUT2D eigenvalue weighted by molar-refractivity contribution is -0.142. The SMILES string of the molecule is Nc1ccc(CN2C(=O)CC3(CCCC3)C2=O)cc1.